The number of likely N-dealkylation sites (tertiary alicyclic amines) is 1. The molecule has 0 aliphatic carbocycles. The Hall–Kier alpha value is -1.06. The Morgan fingerprint density at radius 3 is 2.82 bits per heavy atom. The summed E-state index contributed by atoms with van der Waals surface area (Å²) in [6, 6.07) is 7.65. The fraction of sp³-hybridized carbons (Fsp3) is 0.462. The zero-order chi connectivity index (χ0) is 12.3. The van der Waals surface area contributed by atoms with Crippen LogP contribution < -0.4 is 0 Å². The van der Waals surface area contributed by atoms with Gasteiger partial charge in [0.15, 0.2) is 0 Å². The number of hydrogen-bond acceptors (Lipinski definition) is 3. The predicted octanol–water partition coefficient (Wildman–Crippen LogP) is 2.48. The van der Waals surface area contributed by atoms with Crippen LogP contribution >= 0.6 is 11.6 Å². The zero-order valence-corrected chi connectivity index (χ0v) is 10.6. The molecule has 0 aromatic heterocycles. The van der Waals surface area contributed by atoms with Crippen molar-refractivity contribution in [2.24, 2.45) is 0 Å². The number of rotatable bonds is 3. The fourth-order valence-electron chi connectivity index (χ4n) is 2.24. The van der Waals surface area contributed by atoms with Crippen molar-refractivity contribution < 1.29 is 9.53 Å². The number of esters is 1. The Bertz CT molecular complexity index is 391. The number of nitrogens with zero attached hydrogens (tertiary/aromatic N) is 1. The minimum atomic E-state index is -0.128. The molecule has 0 spiro atoms. The van der Waals surface area contributed by atoms with Crippen molar-refractivity contribution in [3.05, 3.63) is 34.9 Å². The van der Waals surface area contributed by atoms with Gasteiger partial charge in [-0.25, -0.2) is 0 Å². The number of halogens is 1. The van der Waals surface area contributed by atoms with Gasteiger partial charge in [0.25, 0.3) is 0 Å². The first-order valence-electron chi connectivity index (χ1n) is 5.77. The normalized spacial score (nSPS) is 20.5. The molecule has 2 rings (SSSR count). The van der Waals surface area contributed by atoms with E-state index in [2.05, 4.69) is 4.90 Å². The van der Waals surface area contributed by atoms with E-state index < -0.39 is 0 Å². The Kier molecular flexibility index (Phi) is 4.02. The standard InChI is InChI=1S/C13H16ClNO2/c1-17-13(16)12-3-2-8-15(12)9-10-4-6-11(14)7-5-10/h4-7,12H,2-3,8-9H2,1H3/t12-/m0/s1. The molecule has 0 radical (unpaired) electrons. The summed E-state index contributed by atoms with van der Waals surface area (Å²) < 4.78 is 4.82. The number of methoxy groups -OCH3 is 1. The van der Waals surface area contributed by atoms with Gasteiger partial charge in [-0.3, -0.25) is 9.69 Å². The Morgan fingerprint density at radius 1 is 1.47 bits per heavy atom. The largest absolute Gasteiger partial charge is 0.468 e. The summed E-state index contributed by atoms with van der Waals surface area (Å²) in [5, 5.41) is 0.736. The lowest BCUT2D eigenvalue weighted by molar-refractivity contribution is -0.146. The van der Waals surface area contributed by atoms with E-state index in [1.807, 2.05) is 24.3 Å². The highest BCUT2D eigenvalue weighted by atomic mass is 35.5. The molecule has 1 atom stereocenters. The maximum atomic E-state index is 11.6. The molecule has 4 heteroatoms. The van der Waals surface area contributed by atoms with Gasteiger partial charge in [0.1, 0.15) is 6.04 Å². The fourth-order valence-corrected chi connectivity index (χ4v) is 2.37. The lowest BCUT2D eigenvalue weighted by Gasteiger charge is -2.22. The molecule has 0 amide bonds. The van der Waals surface area contributed by atoms with E-state index in [-0.39, 0.29) is 12.0 Å². The molecular weight excluding hydrogens is 238 g/mol. The second kappa shape index (κ2) is 5.52. The maximum Gasteiger partial charge on any atom is 0.323 e. The molecule has 1 aromatic carbocycles. The first kappa shape index (κ1) is 12.4. The van der Waals surface area contributed by atoms with Crippen LogP contribution in [0.15, 0.2) is 24.3 Å². The highest BCUT2D eigenvalue weighted by molar-refractivity contribution is 6.30. The van der Waals surface area contributed by atoms with Crippen LogP contribution in [0.5, 0.6) is 0 Å². The molecule has 1 heterocycles. The Morgan fingerprint density at radius 2 is 2.18 bits per heavy atom. The summed E-state index contributed by atoms with van der Waals surface area (Å²) in [4.78, 5) is 13.7. The Balaban J connectivity index is 2.02. The van der Waals surface area contributed by atoms with E-state index in [1.54, 1.807) is 0 Å². The van der Waals surface area contributed by atoms with Gasteiger partial charge >= 0.3 is 5.97 Å². The third-order valence-electron chi connectivity index (χ3n) is 3.14. The van der Waals surface area contributed by atoms with Crippen molar-refractivity contribution >= 4 is 17.6 Å². The molecule has 3 nitrogen and oxygen atoms in total. The number of carbonyl (C=O) groups excluding carboxylic acids is 1. The Labute approximate surface area is 106 Å². The van der Waals surface area contributed by atoms with Crippen LogP contribution in [0, 0.1) is 0 Å². The predicted molar refractivity (Wildman–Crippen MR) is 66.9 cm³/mol. The molecule has 1 aliphatic rings. The van der Waals surface area contributed by atoms with Gasteiger partial charge in [0, 0.05) is 11.6 Å². The summed E-state index contributed by atoms with van der Waals surface area (Å²) in [6.07, 6.45) is 1.94. The molecule has 0 N–H and O–H groups in total. The first-order valence-corrected chi connectivity index (χ1v) is 6.15. The monoisotopic (exact) mass is 253 g/mol. The van der Waals surface area contributed by atoms with Gasteiger partial charge in [-0.1, -0.05) is 23.7 Å². The lowest BCUT2D eigenvalue weighted by Crippen LogP contribution is -2.36. The van der Waals surface area contributed by atoms with Crippen LogP contribution in [0.1, 0.15) is 18.4 Å². The van der Waals surface area contributed by atoms with E-state index in [0.717, 1.165) is 31.0 Å². The highest BCUT2D eigenvalue weighted by Gasteiger charge is 2.31. The van der Waals surface area contributed by atoms with Crippen LogP contribution in [0.4, 0.5) is 0 Å². The van der Waals surface area contributed by atoms with Gasteiger partial charge in [-0.2, -0.15) is 0 Å². The number of benzene rings is 1. The van der Waals surface area contributed by atoms with Crippen molar-refractivity contribution in [1.29, 1.82) is 0 Å². The van der Waals surface area contributed by atoms with Crippen LogP contribution in [0.2, 0.25) is 5.02 Å². The number of ether oxygens (including phenoxy) is 1. The second-order valence-corrected chi connectivity index (χ2v) is 4.71. The van der Waals surface area contributed by atoms with Crippen molar-refractivity contribution in [2.75, 3.05) is 13.7 Å². The van der Waals surface area contributed by atoms with E-state index in [1.165, 1.54) is 12.7 Å². The van der Waals surface area contributed by atoms with Crippen LogP contribution in [-0.4, -0.2) is 30.6 Å². The minimum Gasteiger partial charge on any atom is -0.468 e. The lowest BCUT2D eigenvalue weighted by atomic mass is 10.2. The molecular formula is C13H16ClNO2. The van der Waals surface area contributed by atoms with Crippen molar-refractivity contribution in [3.8, 4) is 0 Å². The van der Waals surface area contributed by atoms with Crippen molar-refractivity contribution in [1.82, 2.24) is 4.90 Å². The van der Waals surface area contributed by atoms with E-state index in [4.69, 9.17) is 16.3 Å². The molecule has 0 saturated carbocycles. The van der Waals surface area contributed by atoms with Gasteiger partial charge < -0.3 is 4.74 Å². The van der Waals surface area contributed by atoms with Crippen LogP contribution in [0.25, 0.3) is 0 Å². The van der Waals surface area contributed by atoms with Crippen LogP contribution in [-0.2, 0) is 16.1 Å². The minimum absolute atomic E-state index is 0.0873. The van der Waals surface area contributed by atoms with E-state index >= 15 is 0 Å². The summed E-state index contributed by atoms with van der Waals surface area (Å²) in [6.45, 7) is 1.72. The SMILES string of the molecule is COC(=O)[C@@H]1CCCN1Cc1ccc(Cl)cc1. The quantitative estimate of drug-likeness (QED) is 0.775. The maximum absolute atomic E-state index is 11.6. The van der Waals surface area contributed by atoms with Crippen molar-refractivity contribution in [2.45, 2.75) is 25.4 Å². The van der Waals surface area contributed by atoms with Crippen molar-refractivity contribution in [3.63, 3.8) is 0 Å². The zero-order valence-electron chi connectivity index (χ0n) is 9.86. The van der Waals surface area contributed by atoms with Gasteiger partial charge in [0.05, 0.1) is 7.11 Å². The van der Waals surface area contributed by atoms with E-state index in [9.17, 15) is 4.79 Å². The molecule has 0 unspecified atom stereocenters. The summed E-state index contributed by atoms with van der Waals surface area (Å²) >= 11 is 5.84. The topological polar surface area (TPSA) is 29.5 Å². The van der Waals surface area contributed by atoms with E-state index in [0.29, 0.717) is 0 Å². The smallest absolute Gasteiger partial charge is 0.323 e. The molecule has 1 saturated heterocycles. The summed E-state index contributed by atoms with van der Waals surface area (Å²) in [5.41, 5.74) is 1.17. The molecule has 0 bridgehead atoms. The highest BCUT2D eigenvalue weighted by Crippen LogP contribution is 2.21. The molecule has 92 valence electrons. The third-order valence-corrected chi connectivity index (χ3v) is 3.39. The molecule has 17 heavy (non-hydrogen) atoms. The summed E-state index contributed by atoms with van der Waals surface area (Å²) in [5.74, 6) is -0.128. The number of hydrogen-bond donors (Lipinski definition) is 0. The van der Waals surface area contributed by atoms with Gasteiger partial charge in [-0.05, 0) is 37.1 Å². The van der Waals surface area contributed by atoms with Crippen LogP contribution in [0.3, 0.4) is 0 Å². The molecule has 1 aliphatic heterocycles. The number of carbonyl (C=O) groups is 1. The average Bonchev–Trinajstić information content (AvgIpc) is 2.79. The average molecular weight is 254 g/mol. The first-order chi connectivity index (χ1) is 8.20. The van der Waals surface area contributed by atoms with Gasteiger partial charge in [0.2, 0.25) is 0 Å². The molecule has 1 aromatic rings. The second-order valence-electron chi connectivity index (χ2n) is 4.28. The van der Waals surface area contributed by atoms with Gasteiger partial charge in [-0.15, -0.1) is 0 Å². The third kappa shape index (κ3) is 2.99. The molecule has 1 fully saturated rings. The summed E-state index contributed by atoms with van der Waals surface area (Å²) in [7, 11) is 1.45.